The highest BCUT2D eigenvalue weighted by Crippen LogP contribution is 2.15. The standard InChI is InChI=1S/C12H22BrN3S/c1-11-14-12(16-15-11)17-10-8-6-4-2-3-5-7-9-13/h2-10H2,1H3,(H,14,15,16). The molecular formula is C12H22BrN3S. The van der Waals surface area contributed by atoms with Gasteiger partial charge in [0.05, 0.1) is 0 Å². The summed E-state index contributed by atoms with van der Waals surface area (Å²) in [5.41, 5.74) is 0. The first kappa shape index (κ1) is 15.0. The van der Waals surface area contributed by atoms with Crippen LogP contribution < -0.4 is 0 Å². The summed E-state index contributed by atoms with van der Waals surface area (Å²) in [6.07, 6.45) is 9.45. The van der Waals surface area contributed by atoms with Gasteiger partial charge in [0.25, 0.3) is 0 Å². The number of halogens is 1. The third-order valence-electron chi connectivity index (χ3n) is 2.59. The number of thioether (sulfide) groups is 1. The van der Waals surface area contributed by atoms with Gasteiger partial charge in [-0.2, -0.15) is 0 Å². The van der Waals surface area contributed by atoms with Crippen LogP contribution in [0.15, 0.2) is 5.16 Å². The van der Waals surface area contributed by atoms with Crippen LogP contribution in [0.4, 0.5) is 0 Å². The molecule has 1 N–H and O–H groups in total. The van der Waals surface area contributed by atoms with Crippen LogP contribution in [0, 0.1) is 6.92 Å². The summed E-state index contributed by atoms with van der Waals surface area (Å²) >= 11 is 5.21. The van der Waals surface area contributed by atoms with Gasteiger partial charge in [0.15, 0.2) is 0 Å². The number of hydrogen-bond donors (Lipinski definition) is 1. The third-order valence-corrected chi connectivity index (χ3v) is 4.08. The average Bonchev–Trinajstić information content (AvgIpc) is 2.73. The average molecular weight is 320 g/mol. The number of aromatic amines is 1. The molecule has 1 heterocycles. The topological polar surface area (TPSA) is 41.6 Å². The molecule has 0 saturated carbocycles. The molecule has 0 bridgehead atoms. The maximum absolute atomic E-state index is 4.27. The smallest absolute Gasteiger partial charge is 0.208 e. The molecule has 17 heavy (non-hydrogen) atoms. The van der Waals surface area contributed by atoms with E-state index in [4.69, 9.17) is 0 Å². The van der Waals surface area contributed by atoms with Gasteiger partial charge >= 0.3 is 0 Å². The van der Waals surface area contributed by atoms with Crippen LogP contribution in [-0.2, 0) is 0 Å². The van der Waals surface area contributed by atoms with Crippen LogP contribution in [0.3, 0.4) is 0 Å². The molecule has 3 nitrogen and oxygen atoms in total. The zero-order valence-electron chi connectivity index (χ0n) is 10.5. The number of unbranched alkanes of at least 4 members (excludes halogenated alkanes) is 6. The minimum Gasteiger partial charge on any atom is -0.262 e. The van der Waals surface area contributed by atoms with Crippen molar-refractivity contribution in [2.45, 2.75) is 57.0 Å². The quantitative estimate of drug-likeness (QED) is 0.396. The van der Waals surface area contributed by atoms with Crippen molar-refractivity contribution < 1.29 is 0 Å². The molecule has 0 aliphatic rings. The summed E-state index contributed by atoms with van der Waals surface area (Å²) < 4.78 is 0. The van der Waals surface area contributed by atoms with E-state index >= 15 is 0 Å². The lowest BCUT2D eigenvalue weighted by molar-refractivity contribution is 0.606. The van der Waals surface area contributed by atoms with E-state index < -0.39 is 0 Å². The van der Waals surface area contributed by atoms with Crippen LogP contribution in [0.5, 0.6) is 0 Å². The Morgan fingerprint density at radius 3 is 2.29 bits per heavy atom. The first-order valence-corrected chi connectivity index (χ1v) is 8.51. The van der Waals surface area contributed by atoms with Crippen molar-refractivity contribution in [1.82, 2.24) is 15.2 Å². The maximum atomic E-state index is 4.27. The number of aromatic nitrogens is 3. The van der Waals surface area contributed by atoms with E-state index in [-0.39, 0.29) is 0 Å². The second kappa shape index (κ2) is 9.95. The van der Waals surface area contributed by atoms with Crippen molar-refractivity contribution in [2.24, 2.45) is 0 Å². The second-order valence-corrected chi connectivity index (χ2v) is 6.07. The van der Waals surface area contributed by atoms with Crippen LogP contribution >= 0.6 is 27.7 Å². The van der Waals surface area contributed by atoms with Crippen molar-refractivity contribution >= 4 is 27.7 Å². The Morgan fingerprint density at radius 2 is 1.71 bits per heavy atom. The molecule has 98 valence electrons. The summed E-state index contributed by atoms with van der Waals surface area (Å²) in [5, 5.41) is 9.01. The zero-order chi connectivity index (χ0) is 12.3. The van der Waals surface area contributed by atoms with Crippen molar-refractivity contribution in [3.63, 3.8) is 0 Å². The molecule has 0 radical (unpaired) electrons. The van der Waals surface area contributed by atoms with Gasteiger partial charge in [-0.25, -0.2) is 4.98 Å². The summed E-state index contributed by atoms with van der Waals surface area (Å²) in [6, 6.07) is 0. The molecule has 0 unspecified atom stereocenters. The SMILES string of the molecule is Cc1nc(SCCCCCCCCCBr)n[nH]1. The van der Waals surface area contributed by atoms with Gasteiger partial charge in [-0.1, -0.05) is 59.8 Å². The number of nitrogens with one attached hydrogen (secondary N) is 1. The van der Waals surface area contributed by atoms with E-state index in [2.05, 4.69) is 31.1 Å². The van der Waals surface area contributed by atoms with Gasteiger partial charge in [0.2, 0.25) is 5.16 Å². The fourth-order valence-corrected chi connectivity index (χ4v) is 2.87. The predicted molar refractivity (Wildman–Crippen MR) is 78.0 cm³/mol. The first-order chi connectivity index (χ1) is 8.33. The minimum atomic E-state index is 0.889. The molecule has 0 amide bonds. The van der Waals surface area contributed by atoms with Gasteiger partial charge < -0.3 is 0 Å². The van der Waals surface area contributed by atoms with Crippen LogP contribution in [0.2, 0.25) is 0 Å². The monoisotopic (exact) mass is 319 g/mol. The van der Waals surface area contributed by atoms with E-state index in [1.54, 1.807) is 11.8 Å². The van der Waals surface area contributed by atoms with Crippen LogP contribution in [-0.4, -0.2) is 26.3 Å². The Labute approximate surface area is 117 Å². The Morgan fingerprint density at radius 1 is 1.06 bits per heavy atom. The molecule has 1 rings (SSSR count). The maximum Gasteiger partial charge on any atom is 0.208 e. The molecule has 0 fully saturated rings. The fourth-order valence-electron chi connectivity index (χ4n) is 1.63. The molecule has 1 aromatic rings. The lowest BCUT2D eigenvalue weighted by Crippen LogP contribution is -1.84. The van der Waals surface area contributed by atoms with Crippen molar-refractivity contribution in [2.75, 3.05) is 11.1 Å². The van der Waals surface area contributed by atoms with Gasteiger partial charge in [-0.15, -0.1) is 5.10 Å². The molecule has 5 heteroatoms. The third kappa shape index (κ3) is 7.82. The van der Waals surface area contributed by atoms with E-state index in [1.165, 1.54) is 44.9 Å². The fraction of sp³-hybridized carbons (Fsp3) is 0.833. The molecule has 0 aromatic carbocycles. The zero-order valence-corrected chi connectivity index (χ0v) is 12.9. The summed E-state index contributed by atoms with van der Waals surface area (Å²) in [4.78, 5) is 4.27. The number of nitrogens with zero attached hydrogens (tertiary/aromatic N) is 2. The van der Waals surface area contributed by atoms with E-state index in [9.17, 15) is 0 Å². The Kier molecular flexibility index (Phi) is 8.79. The lowest BCUT2D eigenvalue weighted by Gasteiger charge is -2.00. The Hall–Kier alpha value is -0.0300. The molecule has 0 aliphatic heterocycles. The summed E-state index contributed by atoms with van der Waals surface area (Å²) in [7, 11) is 0. The highest BCUT2D eigenvalue weighted by molar-refractivity contribution is 9.09. The molecule has 0 atom stereocenters. The minimum absolute atomic E-state index is 0.889. The normalized spacial score (nSPS) is 10.9. The first-order valence-electron chi connectivity index (χ1n) is 6.40. The van der Waals surface area contributed by atoms with Gasteiger partial charge in [0, 0.05) is 11.1 Å². The molecule has 1 aromatic heterocycles. The molecule has 0 spiro atoms. The Balaban J connectivity index is 1.84. The van der Waals surface area contributed by atoms with Gasteiger partial charge in [0.1, 0.15) is 5.82 Å². The molecular weight excluding hydrogens is 298 g/mol. The summed E-state index contributed by atoms with van der Waals surface area (Å²) in [5.74, 6) is 2.04. The number of alkyl halides is 1. The van der Waals surface area contributed by atoms with E-state index in [0.29, 0.717) is 0 Å². The number of aryl methyl sites for hydroxylation is 1. The highest BCUT2D eigenvalue weighted by Gasteiger charge is 1.99. The van der Waals surface area contributed by atoms with Crippen molar-refractivity contribution in [1.29, 1.82) is 0 Å². The largest absolute Gasteiger partial charge is 0.262 e. The molecule has 0 aliphatic carbocycles. The number of hydrogen-bond acceptors (Lipinski definition) is 3. The highest BCUT2D eigenvalue weighted by atomic mass is 79.9. The molecule has 0 saturated heterocycles. The van der Waals surface area contributed by atoms with Crippen molar-refractivity contribution in [3.8, 4) is 0 Å². The van der Waals surface area contributed by atoms with E-state index in [0.717, 1.165) is 22.1 Å². The predicted octanol–water partition coefficient (Wildman–Crippen LogP) is 4.33. The number of rotatable bonds is 10. The Bertz CT molecular complexity index is 291. The number of H-pyrrole nitrogens is 1. The van der Waals surface area contributed by atoms with Crippen molar-refractivity contribution in [3.05, 3.63) is 5.82 Å². The van der Waals surface area contributed by atoms with E-state index in [1.807, 2.05) is 6.92 Å². The lowest BCUT2D eigenvalue weighted by atomic mass is 10.1. The van der Waals surface area contributed by atoms with Crippen LogP contribution in [0.25, 0.3) is 0 Å². The summed E-state index contributed by atoms with van der Waals surface area (Å²) in [6.45, 7) is 1.93. The van der Waals surface area contributed by atoms with Gasteiger partial charge in [-0.3, -0.25) is 5.10 Å². The van der Waals surface area contributed by atoms with Gasteiger partial charge in [-0.05, 0) is 19.8 Å². The second-order valence-electron chi connectivity index (χ2n) is 4.22. The van der Waals surface area contributed by atoms with Crippen LogP contribution in [0.1, 0.15) is 50.8 Å².